The molecular weight excluding hydrogens is 370 g/mol. The lowest BCUT2D eigenvalue weighted by molar-refractivity contribution is 0.403. The standard InChI is InChI=1S/C22H23N3O2S/c26-20-12-11-16(13-21(20)27)14-23-25-19(17-7-3-1-4-8-17)15-28-22(25)24-18-9-5-2-6-10-18/h1,3-4,7-8,11-15,18,26-27H,2,5-6,9-10H2. The van der Waals surface area contributed by atoms with E-state index in [1.54, 1.807) is 23.6 Å². The lowest BCUT2D eigenvalue weighted by atomic mass is 9.96. The first-order valence-corrected chi connectivity index (χ1v) is 10.4. The first-order valence-electron chi connectivity index (χ1n) is 9.57. The van der Waals surface area contributed by atoms with Gasteiger partial charge in [0.05, 0.1) is 18.0 Å². The number of nitrogens with zero attached hydrogens (tertiary/aromatic N) is 3. The Balaban J connectivity index is 1.75. The third kappa shape index (κ3) is 4.17. The van der Waals surface area contributed by atoms with Crippen LogP contribution < -0.4 is 4.80 Å². The van der Waals surface area contributed by atoms with Crippen molar-refractivity contribution in [3.8, 4) is 22.8 Å². The van der Waals surface area contributed by atoms with E-state index in [0.29, 0.717) is 11.6 Å². The first-order chi connectivity index (χ1) is 13.7. The molecule has 4 rings (SSSR count). The predicted octanol–water partition coefficient (Wildman–Crippen LogP) is 4.74. The Morgan fingerprint density at radius 3 is 2.50 bits per heavy atom. The summed E-state index contributed by atoms with van der Waals surface area (Å²) in [7, 11) is 0. The largest absolute Gasteiger partial charge is 0.504 e. The fourth-order valence-electron chi connectivity index (χ4n) is 3.42. The molecular formula is C22H23N3O2S. The number of benzene rings is 2. The quantitative estimate of drug-likeness (QED) is 0.496. The van der Waals surface area contributed by atoms with Crippen molar-refractivity contribution < 1.29 is 10.2 Å². The smallest absolute Gasteiger partial charge is 0.206 e. The minimum absolute atomic E-state index is 0.140. The minimum atomic E-state index is -0.158. The third-order valence-electron chi connectivity index (χ3n) is 4.94. The van der Waals surface area contributed by atoms with Crippen LogP contribution in [0.1, 0.15) is 37.7 Å². The number of phenolic OH excluding ortho intramolecular Hbond substituents is 2. The van der Waals surface area contributed by atoms with Crippen LogP contribution in [0.5, 0.6) is 11.5 Å². The van der Waals surface area contributed by atoms with Gasteiger partial charge in [-0.2, -0.15) is 5.10 Å². The van der Waals surface area contributed by atoms with Gasteiger partial charge < -0.3 is 10.2 Å². The lowest BCUT2D eigenvalue weighted by Gasteiger charge is -2.16. The second-order valence-electron chi connectivity index (χ2n) is 7.00. The molecule has 1 heterocycles. The average Bonchev–Trinajstić information content (AvgIpc) is 3.13. The van der Waals surface area contributed by atoms with Gasteiger partial charge in [-0.3, -0.25) is 4.99 Å². The molecule has 1 fully saturated rings. The summed E-state index contributed by atoms with van der Waals surface area (Å²) >= 11 is 1.60. The van der Waals surface area contributed by atoms with E-state index in [9.17, 15) is 10.2 Å². The molecule has 0 aliphatic heterocycles. The zero-order chi connectivity index (χ0) is 19.3. The van der Waals surface area contributed by atoms with E-state index in [2.05, 4.69) is 22.6 Å². The van der Waals surface area contributed by atoms with Crippen molar-refractivity contribution in [2.75, 3.05) is 0 Å². The predicted molar refractivity (Wildman–Crippen MR) is 113 cm³/mol. The van der Waals surface area contributed by atoms with Gasteiger partial charge >= 0.3 is 0 Å². The summed E-state index contributed by atoms with van der Waals surface area (Å²) in [4.78, 5) is 5.87. The van der Waals surface area contributed by atoms with Gasteiger partial charge in [0.15, 0.2) is 11.5 Å². The fourth-order valence-corrected chi connectivity index (χ4v) is 4.33. The van der Waals surface area contributed by atoms with Crippen LogP contribution in [0.3, 0.4) is 0 Å². The Labute approximate surface area is 168 Å². The molecule has 2 aromatic carbocycles. The number of hydrogen-bond donors (Lipinski definition) is 2. The number of aromatic hydroxyl groups is 2. The van der Waals surface area contributed by atoms with Crippen LogP contribution >= 0.6 is 11.3 Å². The lowest BCUT2D eigenvalue weighted by Crippen LogP contribution is -2.19. The van der Waals surface area contributed by atoms with E-state index in [1.165, 1.54) is 31.4 Å². The maximum Gasteiger partial charge on any atom is 0.206 e. The highest BCUT2D eigenvalue weighted by Crippen LogP contribution is 2.25. The summed E-state index contributed by atoms with van der Waals surface area (Å²) in [5.74, 6) is -0.298. The molecule has 0 amide bonds. The van der Waals surface area contributed by atoms with Crippen molar-refractivity contribution in [3.05, 3.63) is 64.3 Å². The van der Waals surface area contributed by atoms with Gasteiger partial charge in [0.1, 0.15) is 0 Å². The van der Waals surface area contributed by atoms with Crippen LogP contribution in [0.25, 0.3) is 11.3 Å². The SMILES string of the molecule is Oc1ccc(C=Nn2c(-c3ccccc3)csc2=NC2CCCCC2)cc1O. The van der Waals surface area contributed by atoms with E-state index >= 15 is 0 Å². The second kappa shape index (κ2) is 8.44. The first kappa shape index (κ1) is 18.5. The summed E-state index contributed by atoms with van der Waals surface area (Å²) in [5.41, 5.74) is 2.77. The van der Waals surface area contributed by atoms with E-state index in [0.717, 1.165) is 28.9 Å². The third-order valence-corrected chi connectivity index (χ3v) is 5.77. The van der Waals surface area contributed by atoms with Gasteiger partial charge in [-0.05, 0) is 36.6 Å². The second-order valence-corrected chi connectivity index (χ2v) is 7.83. The monoisotopic (exact) mass is 393 g/mol. The highest BCUT2D eigenvalue weighted by molar-refractivity contribution is 7.07. The van der Waals surface area contributed by atoms with Crippen LogP contribution in [0, 0.1) is 0 Å². The number of phenols is 2. The number of rotatable bonds is 4. The maximum absolute atomic E-state index is 9.73. The summed E-state index contributed by atoms with van der Waals surface area (Å²) in [5, 5.41) is 26.0. The molecule has 1 aliphatic carbocycles. The van der Waals surface area contributed by atoms with Gasteiger partial charge in [0.25, 0.3) is 0 Å². The van der Waals surface area contributed by atoms with E-state index in [4.69, 9.17) is 4.99 Å². The molecule has 0 bridgehead atoms. The molecule has 0 saturated heterocycles. The Kier molecular flexibility index (Phi) is 5.58. The zero-order valence-corrected chi connectivity index (χ0v) is 16.3. The highest BCUT2D eigenvalue weighted by atomic mass is 32.1. The Morgan fingerprint density at radius 1 is 0.964 bits per heavy atom. The fraction of sp³-hybridized carbons (Fsp3) is 0.273. The molecule has 0 radical (unpaired) electrons. The van der Waals surface area contributed by atoms with Gasteiger partial charge in [-0.15, -0.1) is 11.3 Å². The van der Waals surface area contributed by atoms with Crippen molar-refractivity contribution in [3.63, 3.8) is 0 Å². The molecule has 0 unspecified atom stereocenters. The molecule has 0 atom stereocenters. The molecule has 0 spiro atoms. The summed E-state index contributed by atoms with van der Waals surface area (Å²) in [6.07, 6.45) is 7.72. The van der Waals surface area contributed by atoms with Crippen LogP contribution in [-0.2, 0) is 0 Å². The molecule has 1 aromatic heterocycles. The summed E-state index contributed by atoms with van der Waals surface area (Å²) in [6, 6.07) is 15.2. The molecule has 28 heavy (non-hydrogen) atoms. The molecule has 1 aliphatic rings. The van der Waals surface area contributed by atoms with Crippen molar-refractivity contribution in [1.82, 2.24) is 4.68 Å². The molecule has 5 nitrogen and oxygen atoms in total. The van der Waals surface area contributed by atoms with Crippen LogP contribution in [-0.4, -0.2) is 27.1 Å². The van der Waals surface area contributed by atoms with Gasteiger partial charge in [0, 0.05) is 10.9 Å². The molecule has 6 heteroatoms. The molecule has 3 aromatic rings. The summed E-state index contributed by atoms with van der Waals surface area (Å²) < 4.78 is 1.87. The number of thiazole rings is 1. The molecule has 2 N–H and O–H groups in total. The van der Waals surface area contributed by atoms with Gasteiger partial charge in [-0.1, -0.05) is 49.6 Å². The van der Waals surface area contributed by atoms with Crippen molar-refractivity contribution >= 4 is 17.6 Å². The van der Waals surface area contributed by atoms with Crippen molar-refractivity contribution in [1.29, 1.82) is 0 Å². The van der Waals surface area contributed by atoms with E-state index < -0.39 is 0 Å². The normalized spacial score (nSPS) is 16.1. The van der Waals surface area contributed by atoms with Gasteiger partial charge in [0.2, 0.25) is 4.80 Å². The summed E-state index contributed by atoms with van der Waals surface area (Å²) in [6.45, 7) is 0. The maximum atomic E-state index is 9.73. The number of aromatic nitrogens is 1. The van der Waals surface area contributed by atoms with E-state index in [1.807, 2.05) is 22.9 Å². The van der Waals surface area contributed by atoms with Crippen LogP contribution in [0.2, 0.25) is 0 Å². The molecule has 1 saturated carbocycles. The van der Waals surface area contributed by atoms with Crippen molar-refractivity contribution in [2.45, 2.75) is 38.1 Å². The average molecular weight is 394 g/mol. The van der Waals surface area contributed by atoms with Gasteiger partial charge in [-0.25, -0.2) is 4.68 Å². The number of hydrogen-bond acceptors (Lipinski definition) is 5. The van der Waals surface area contributed by atoms with E-state index in [-0.39, 0.29) is 11.5 Å². The topological polar surface area (TPSA) is 70.1 Å². The van der Waals surface area contributed by atoms with Crippen molar-refractivity contribution in [2.24, 2.45) is 10.1 Å². The van der Waals surface area contributed by atoms with Crippen LogP contribution in [0.4, 0.5) is 0 Å². The Morgan fingerprint density at radius 2 is 1.75 bits per heavy atom. The minimum Gasteiger partial charge on any atom is -0.504 e. The van der Waals surface area contributed by atoms with Crippen LogP contribution in [0.15, 0.2) is 64.0 Å². The Hall–Kier alpha value is -2.86. The Bertz CT molecular complexity index is 1030. The highest BCUT2D eigenvalue weighted by Gasteiger charge is 2.14. The molecule has 144 valence electrons. The zero-order valence-electron chi connectivity index (χ0n) is 15.5.